The predicted octanol–water partition coefficient (Wildman–Crippen LogP) is 7.26. The number of aliphatic carboxylic acids is 1. The highest BCUT2D eigenvalue weighted by molar-refractivity contribution is 7.90. The molecule has 2 fully saturated rings. The monoisotopic (exact) mass is 961 g/mol. The molecule has 2 aromatic heterocycles. The molecule has 0 radical (unpaired) electrons. The summed E-state index contributed by atoms with van der Waals surface area (Å²) < 4.78 is 47.7. The smallest absolute Gasteiger partial charge is 0.411 e. The first-order chi connectivity index (χ1) is 31.7. The number of aromatic nitrogens is 2. The number of anilines is 2. The zero-order valence-corrected chi connectivity index (χ0v) is 40.2. The maximum absolute atomic E-state index is 14.5. The molecule has 4 atom stereocenters. The van der Waals surface area contributed by atoms with Gasteiger partial charge in [0.15, 0.2) is 5.13 Å². The SMILES string of the molecule is C=CC1CC1(NC(=O)[C@@H]1C[C@@H](Oc2cc(-c3csc(NC(C)C)n3)nc3cc(OC)ccc23)CN1C(=O)OC(C)(C)C)C(=O)NS(=O)(=O)c1ccccc1NC(=O)CCCCCCCC(=O)O. The second-order valence-corrected chi connectivity index (χ2v) is 20.5. The summed E-state index contributed by atoms with van der Waals surface area (Å²) in [5.74, 6) is -2.72. The Morgan fingerprint density at radius 2 is 1.72 bits per heavy atom. The molecule has 4 amide bonds. The van der Waals surface area contributed by atoms with Crippen LogP contribution in [0.15, 0.2) is 71.5 Å². The molecule has 5 N–H and O–H groups in total. The van der Waals surface area contributed by atoms with Gasteiger partial charge in [0.2, 0.25) is 11.8 Å². The third-order valence-electron chi connectivity index (χ3n) is 11.2. The summed E-state index contributed by atoms with van der Waals surface area (Å²) in [6, 6.07) is 11.7. The third-order valence-corrected chi connectivity index (χ3v) is 13.3. The Hall–Kier alpha value is -6.28. The topological polar surface area (TPSA) is 245 Å². The van der Waals surface area contributed by atoms with E-state index in [-0.39, 0.29) is 48.9 Å². The van der Waals surface area contributed by atoms with Crippen molar-refractivity contribution in [1.29, 1.82) is 0 Å². The van der Waals surface area contributed by atoms with E-state index in [1.807, 2.05) is 19.2 Å². The number of ether oxygens (including phenoxy) is 3. The first-order valence-electron chi connectivity index (χ1n) is 22.2. The zero-order valence-electron chi connectivity index (χ0n) is 38.5. The number of carbonyl (C=O) groups excluding carboxylic acids is 4. The maximum atomic E-state index is 14.5. The van der Waals surface area contributed by atoms with Gasteiger partial charge in [-0.15, -0.1) is 17.9 Å². The van der Waals surface area contributed by atoms with Crippen molar-refractivity contribution in [2.75, 3.05) is 24.3 Å². The van der Waals surface area contributed by atoms with Crippen LogP contribution in [-0.2, 0) is 33.9 Å². The summed E-state index contributed by atoms with van der Waals surface area (Å²) in [5, 5.41) is 20.8. The van der Waals surface area contributed by atoms with Crippen LogP contribution in [0.25, 0.3) is 22.3 Å². The molecule has 1 saturated heterocycles. The Labute approximate surface area is 394 Å². The summed E-state index contributed by atoms with van der Waals surface area (Å²) in [4.78, 5) is 76.4. The Morgan fingerprint density at radius 3 is 2.39 bits per heavy atom. The summed E-state index contributed by atoms with van der Waals surface area (Å²) in [6.07, 6.45) is 3.31. The van der Waals surface area contributed by atoms with Gasteiger partial charge in [0, 0.05) is 54.1 Å². The molecule has 6 rings (SSSR count). The highest BCUT2D eigenvalue weighted by Crippen LogP contribution is 2.45. The Balaban J connectivity index is 1.20. The number of carboxylic acid groups (broad SMARTS) is 1. The normalized spacial score (nSPS) is 19.1. The van der Waals surface area contributed by atoms with Crippen molar-refractivity contribution in [2.24, 2.45) is 5.92 Å². The molecule has 4 aromatic rings. The molecule has 1 aliphatic carbocycles. The Kier molecular flexibility index (Phi) is 15.8. The first kappa shape index (κ1) is 50.1. The molecule has 2 unspecified atom stereocenters. The number of carbonyl (C=O) groups is 5. The number of para-hydroxylation sites is 1. The molecule has 0 bridgehead atoms. The van der Waals surface area contributed by atoms with Crippen molar-refractivity contribution < 1.29 is 51.7 Å². The van der Waals surface area contributed by atoms with Gasteiger partial charge in [0.25, 0.3) is 15.9 Å². The number of nitrogens with one attached hydrogen (secondary N) is 4. The van der Waals surface area contributed by atoms with E-state index in [0.717, 1.165) is 18.0 Å². The van der Waals surface area contributed by atoms with E-state index in [0.29, 0.717) is 53.1 Å². The van der Waals surface area contributed by atoms with E-state index in [2.05, 4.69) is 27.3 Å². The van der Waals surface area contributed by atoms with Gasteiger partial charge in [-0.05, 0) is 78.1 Å². The van der Waals surface area contributed by atoms with Gasteiger partial charge in [-0.2, -0.15) is 0 Å². The minimum atomic E-state index is -4.62. The summed E-state index contributed by atoms with van der Waals surface area (Å²) in [5.41, 5.74) is -1.01. The number of carboxylic acids is 1. The van der Waals surface area contributed by atoms with Crippen LogP contribution in [0.1, 0.15) is 92.4 Å². The number of thiazole rings is 1. The number of likely N-dealkylation sites (tertiary alicyclic amines) is 1. The number of unbranched alkanes of at least 4 members (excludes halogenated alkanes) is 4. The van der Waals surface area contributed by atoms with Crippen LogP contribution in [0.4, 0.5) is 15.6 Å². The van der Waals surface area contributed by atoms with Gasteiger partial charge in [-0.25, -0.2) is 27.9 Å². The average molecular weight is 962 g/mol. The van der Waals surface area contributed by atoms with Crippen molar-refractivity contribution in [2.45, 2.75) is 127 Å². The van der Waals surface area contributed by atoms with Gasteiger partial charge >= 0.3 is 12.1 Å². The van der Waals surface area contributed by atoms with Gasteiger partial charge < -0.3 is 35.3 Å². The zero-order chi connectivity index (χ0) is 48.7. The van der Waals surface area contributed by atoms with Gasteiger partial charge in [0.1, 0.15) is 45.4 Å². The van der Waals surface area contributed by atoms with Crippen LogP contribution >= 0.6 is 11.3 Å². The average Bonchev–Trinajstić information content (AvgIpc) is 3.52. The number of nitrogens with zero attached hydrogens (tertiary/aromatic N) is 3. The number of methoxy groups -OCH3 is 1. The second kappa shape index (κ2) is 21.1. The van der Waals surface area contributed by atoms with E-state index in [1.54, 1.807) is 58.2 Å². The van der Waals surface area contributed by atoms with Crippen LogP contribution in [0.3, 0.4) is 0 Å². The lowest BCUT2D eigenvalue weighted by Crippen LogP contribution is -2.56. The highest BCUT2D eigenvalue weighted by atomic mass is 32.2. The van der Waals surface area contributed by atoms with Gasteiger partial charge in [0.05, 0.1) is 30.6 Å². The fraction of sp³-hybridized carbons (Fsp3) is 0.468. The number of pyridine rings is 1. The lowest BCUT2D eigenvalue weighted by atomic mass is 10.1. The van der Waals surface area contributed by atoms with Crippen LogP contribution in [0.5, 0.6) is 11.5 Å². The van der Waals surface area contributed by atoms with Crippen LogP contribution in [0, 0.1) is 5.92 Å². The van der Waals surface area contributed by atoms with Crippen LogP contribution in [0.2, 0.25) is 0 Å². The molecule has 2 aliphatic rings. The van der Waals surface area contributed by atoms with Crippen molar-refractivity contribution in [3.05, 3.63) is 66.6 Å². The fourth-order valence-corrected chi connectivity index (χ4v) is 9.84. The number of hydrogen-bond donors (Lipinski definition) is 5. The van der Waals surface area contributed by atoms with Crippen molar-refractivity contribution in [1.82, 2.24) is 24.9 Å². The quantitative estimate of drug-likeness (QED) is 0.0408. The van der Waals surface area contributed by atoms with Crippen molar-refractivity contribution in [3.63, 3.8) is 0 Å². The summed E-state index contributed by atoms with van der Waals surface area (Å²) in [6.45, 7) is 12.8. The molecule has 20 heteroatoms. The number of benzene rings is 2. The minimum Gasteiger partial charge on any atom is -0.497 e. The molecule has 1 aliphatic heterocycles. The number of rotatable bonds is 21. The maximum Gasteiger partial charge on any atom is 0.411 e. The fourth-order valence-electron chi connectivity index (χ4n) is 7.78. The molecule has 67 heavy (non-hydrogen) atoms. The van der Waals surface area contributed by atoms with E-state index < -0.39 is 69.0 Å². The second-order valence-electron chi connectivity index (χ2n) is 18.0. The van der Waals surface area contributed by atoms with Gasteiger partial charge in [-0.1, -0.05) is 37.5 Å². The summed E-state index contributed by atoms with van der Waals surface area (Å²) in [7, 11) is -3.07. The van der Waals surface area contributed by atoms with Crippen LogP contribution < -0.4 is 30.1 Å². The van der Waals surface area contributed by atoms with E-state index in [1.165, 1.54) is 40.5 Å². The Morgan fingerprint density at radius 1 is 1.00 bits per heavy atom. The van der Waals surface area contributed by atoms with Crippen molar-refractivity contribution >= 4 is 72.9 Å². The van der Waals surface area contributed by atoms with Crippen LogP contribution in [-0.4, -0.2) is 101 Å². The molecule has 360 valence electrons. The number of hydrogen-bond acceptors (Lipinski definition) is 14. The lowest BCUT2D eigenvalue weighted by Gasteiger charge is -2.29. The Bertz CT molecular complexity index is 2610. The molecule has 2 aromatic carbocycles. The predicted molar refractivity (Wildman–Crippen MR) is 253 cm³/mol. The third kappa shape index (κ3) is 12.8. The largest absolute Gasteiger partial charge is 0.497 e. The molecule has 3 heterocycles. The van der Waals surface area contributed by atoms with E-state index in [9.17, 15) is 32.4 Å². The minimum absolute atomic E-state index is 0.0217. The number of amides is 4. The molecule has 0 spiro atoms. The number of sulfonamides is 1. The molecule has 1 saturated carbocycles. The molecular formula is C47H59N7O11S2. The summed E-state index contributed by atoms with van der Waals surface area (Å²) >= 11 is 1.43. The standard InChI is InChI=1S/C47H59N7O11S2/c1-8-29-25-47(29,43(59)53-67(61,62)39-17-15-14-16-33(39)50-40(55)18-12-10-9-11-13-19-41(56)57)52-42(58)37-23-31(26-54(37)45(60)65-46(4,5)6)64-38-24-35(36-27-66-44(51-36)48-28(2)3)49-34-22-30(63-7)20-21-32(34)38/h8,14-17,20-22,24,27-29,31,37H,1,9-13,18-19,23,25-26H2,2-7H3,(H,48,51)(H,50,55)(H,52,58)(H,53,59)(H,56,57)/t29?,31-,37+,47?/m1/s1. The van der Waals surface area contributed by atoms with E-state index in [4.69, 9.17) is 29.3 Å². The molecular weight excluding hydrogens is 903 g/mol. The lowest BCUT2D eigenvalue weighted by molar-refractivity contribution is -0.137. The van der Waals surface area contributed by atoms with Gasteiger partial charge in [-0.3, -0.25) is 24.1 Å². The first-order valence-corrected chi connectivity index (χ1v) is 24.6. The number of fused-ring (bicyclic) bond motifs is 1. The van der Waals surface area contributed by atoms with Crippen molar-refractivity contribution in [3.8, 4) is 22.9 Å². The highest BCUT2D eigenvalue weighted by Gasteiger charge is 2.61. The molecule has 18 nitrogen and oxygen atoms in total. The van der Waals surface area contributed by atoms with E-state index >= 15 is 0 Å².